The fourth-order valence-corrected chi connectivity index (χ4v) is 1.79. The van der Waals surface area contributed by atoms with E-state index < -0.39 is 0 Å². The summed E-state index contributed by atoms with van der Waals surface area (Å²) >= 11 is 0. The molecule has 2 rings (SSSR count). The zero-order chi connectivity index (χ0) is 10.7. The molecule has 2 heterocycles. The first kappa shape index (κ1) is 10.1. The number of rotatable bonds is 3. The Labute approximate surface area is 88.6 Å². The Bertz CT molecular complexity index is 373. The molecule has 5 heteroatoms. The van der Waals surface area contributed by atoms with Crippen molar-refractivity contribution >= 4 is 0 Å². The van der Waals surface area contributed by atoms with Gasteiger partial charge in [0.1, 0.15) is 0 Å². The summed E-state index contributed by atoms with van der Waals surface area (Å²) in [7, 11) is 0. The summed E-state index contributed by atoms with van der Waals surface area (Å²) in [6, 6.07) is 2.08. The van der Waals surface area contributed by atoms with Gasteiger partial charge in [0.05, 0.1) is 36.5 Å². The van der Waals surface area contributed by atoms with Crippen molar-refractivity contribution in [3.05, 3.63) is 11.4 Å². The van der Waals surface area contributed by atoms with Crippen LogP contribution in [0.25, 0.3) is 0 Å². The van der Waals surface area contributed by atoms with Crippen LogP contribution < -0.4 is 0 Å². The Kier molecular flexibility index (Phi) is 2.97. The Hall–Kier alpha value is -1.41. The molecular formula is C10H14N4O. The molecule has 0 spiro atoms. The van der Waals surface area contributed by atoms with Crippen LogP contribution in [0.3, 0.4) is 0 Å². The van der Waals surface area contributed by atoms with Crippen LogP contribution in [0.15, 0.2) is 0 Å². The van der Waals surface area contributed by atoms with E-state index in [1.807, 2.05) is 11.6 Å². The van der Waals surface area contributed by atoms with Gasteiger partial charge in [0, 0.05) is 6.61 Å². The summed E-state index contributed by atoms with van der Waals surface area (Å²) in [5.74, 6) is 0. The van der Waals surface area contributed by atoms with Gasteiger partial charge in [-0.1, -0.05) is 5.21 Å². The maximum atomic E-state index is 8.59. The van der Waals surface area contributed by atoms with Crippen LogP contribution in [0.1, 0.15) is 24.2 Å². The third-order valence-electron chi connectivity index (χ3n) is 2.73. The highest BCUT2D eigenvalue weighted by Gasteiger charge is 2.18. The van der Waals surface area contributed by atoms with Gasteiger partial charge in [-0.25, -0.2) is 4.68 Å². The topological polar surface area (TPSA) is 63.7 Å². The quantitative estimate of drug-likeness (QED) is 0.734. The van der Waals surface area contributed by atoms with Crippen LogP contribution >= 0.6 is 0 Å². The standard InChI is InChI=1S/C10H14N4O/c1-8-10(4-5-11)12-13-14(8)7-9-3-2-6-15-9/h9H,2-4,6-7H2,1H3. The van der Waals surface area contributed by atoms with Crippen molar-refractivity contribution in [1.29, 1.82) is 5.26 Å². The lowest BCUT2D eigenvalue weighted by Crippen LogP contribution is -2.17. The average molecular weight is 206 g/mol. The monoisotopic (exact) mass is 206 g/mol. The molecule has 1 aliphatic rings. The highest BCUT2D eigenvalue weighted by Crippen LogP contribution is 2.15. The van der Waals surface area contributed by atoms with Crippen LogP contribution in [0, 0.1) is 18.3 Å². The highest BCUT2D eigenvalue weighted by atomic mass is 16.5. The molecule has 1 saturated heterocycles. The van der Waals surface area contributed by atoms with Crippen molar-refractivity contribution in [2.24, 2.45) is 0 Å². The van der Waals surface area contributed by atoms with E-state index in [0.29, 0.717) is 6.42 Å². The van der Waals surface area contributed by atoms with Gasteiger partial charge in [0.15, 0.2) is 0 Å². The van der Waals surface area contributed by atoms with Crippen LogP contribution in [0.5, 0.6) is 0 Å². The second kappa shape index (κ2) is 4.41. The summed E-state index contributed by atoms with van der Waals surface area (Å²) < 4.78 is 7.36. The van der Waals surface area contributed by atoms with E-state index in [0.717, 1.165) is 37.4 Å². The molecule has 80 valence electrons. The molecule has 1 fully saturated rings. The lowest BCUT2D eigenvalue weighted by Gasteiger charge is -2.09. The summed E-state index contributed by atoms with van der Waals surface area (Å²) in [5.41, 5.74) is 1.75. The van der Waals surface area contributed by atoms with Gasteiger partial charge in [0.2, 0.25) is 0 Å². The van der Waals surface area contributed by atoms with Gasteiger partial charge in [-0.3, -0.25) is 0 Å². The predicted octanol–water partition coefficient (Wildman–Crippen LogP) is 0.832. The Morgan fingerprint density at radius 1 is 1.67 bits per heavy atom. The molecule has 1 aromatic rings. The molecule has 0 N–H and O–H groups in total. The van der Waals surface area contributed by atoms with Crippen molar-refractivity contribution in [3.8, 4) is 6.07 Å². The van der Waals surface area contributed by atoms with Crippen molar-refractivity contribution in [1.82, 2.24) is 15.0 Å². The van der Waals surface area contributed by atoms with Crippen molar-refractivity contribution in [2.75, 3.05) is 6.61 Å². The van der Waals surface area contributed by atoms with Gasteiger partial charge in [0.25, 0.3) is 0 Å². The Morgan fingerprint density at radius 3 is 3.20 bits per heavy atom. The second-order valence-electron chi connectivity index (χ2n) is 3.77. The number of hydrogen-bond acceptors (Lipinski definition) is 4. The lowest BCUT2D eigenvalue weighted by molar-refractivity contribution is 0.0929. The van der Waals surface area contributed by atoms with E-state index in [1.54, 1.807) is 0 Å². The lowest BCUT2D eigenvalue weighted by atomic mass is 10.2. The normalized spacial score (nSPS) is 20.4. The van der Waals surface area contributed by atoms with Gasteiger partial charge < -0.3 is 4.74 Å². The fourth-order valence-electron chi connectivity index (χ4n) is 1.79. The summed E-state index contributed by atoms with van der Waals surface area (Å²) in [4.78, 5) is 0. The average Bonchev–Trinajstić information content (AvgIpc) is 2.83. The first-order chi connectivity index (χ1) is 7.31. The van der Waals surface area contributed by atoms with Crippen LogP contribution in [0.2, 0.25) is 0 Å². The molecule has 0 aliphatic carbocycles. The summed E-state index contributed by atoms with van der Waals surface area (Å²) in [5, 5.41) is 16.6. The molecule has 0 radical (unpaired) electrons. The molecule has 1 aliphatic heterocycles. The third-order valence-corrected chi connectivity index (χ3v) is 2.73. The maximum absolute atomic E-state index is 8.59. The van der Waals surface area contributed by atoms with Crippen molar-refractivity contribution < 1.29 is 4.74 Å². The molecule has 5 nitrogen and oxygen atoms in total. The molecule has 1 atom stereocenters. The molecule has 15 heavy (non-hydrogen) atoms. The molecule has 1 unspecified atom stereocenters. The molecule has 0 amide bonds. The van der Waals surface area contributed by atoms with E-state index >= 15 is 0 Å². The molecule has 0 bridgehead atoms. The molecule has 0 saturated carbocycles. The van der Waals surface area contributed by atoms with Crippen LogP contribution in [0.4, 0.5) is 0 Å². The largest absolute Gasteiger partial charge is 0.376 e. The van der Waals surface area contributed by atoms with E-state index in [2.05, 4.69) is 16.4 Å². The minimum atomic E-state index is 0.264. The predicted molar refractivity (Wildman–Crippen MR) is 53.1 cm³/mol. The van der Waals surface area contributed by atoms with Gasteiger partial charge in [-0.2, -0.15) is 5.26 Å². The van der Waals surface area contributed by atoms with E-state index in [4.69, 9.17) is 10.00 Å². The molecular weight excluding hydrogens is 192 g/mol. The zero-order valence-electron chi connectivity index (χ0n) is 8.81. The fraction of sp³-hybridized carbons (Fsp3) is 0.700. The van der Waals surface area contributed by atoms with E-state index in [9.17, 15) is 0 Å². The minimum Gasteiger partial charge on any atom is -0.376 e. The second-order valence-corrected chi connectivity index (χ2v) is 3.77. The number of nitriles is 1. The third kappa shape index (κ3) is 2.16. The Morgan fingerprint density at radius 2 is 2.53 bits per heavy atom. The first-order valence-electron chi connectivity index (χ1n) is 5.19. The van der Waals surface area contributed by atoms with Gasteiger partial charge in [-0.15, -0.1) is 5.10 Å². The number of aromatic nitrogens is 3. The highest BCUT2D eigenvalue weighted by molar-refractivity contribution is 5.12. The van der Waals surface area contributed by atoms with Crippen molar-refractivity contribution in [2.45, 2.75) is 38.8 Å². The van der Waals surface area contributed by atoms with Crippen LogP contribution in [-0.4, -0.2) is 27.7 Å². The number of hydrogen-bond donors (Lipinski definition) is 0. The van der Waals surface area contributed by atoms with Crippen molar-refractivity contribution in [3.63, 3.8) is 0 Å². The van der Waals surface area contributed by atoms with E-state index in [1.165, 1.54) is 0 Å². The first-order valence-corrected chi connectivity index (χ1v) is 5.19. The summed E-state index contributed by atoms with van der Waals surface area (Å²) in [6.07, 6.45) is 2.81. The SMILES string of the molecule is Cc1c(CC#N)nnn1CC1CCCO1. The van der Waals surface area contributed by atoms with E-state index in [-0.39, 0.29) is 6.10 Å². The Balaban J connectivity index is 2.05. The van der Waals surface area contributed by atoms with Gasteiger partial charge >= 0.3 is 0 Å². The maximum Gasteiger partial charge on any atom is 0.0996 e. The number of ether oxygens (including phenoxy) is 1. The summed E-state index contributed by atoms with van der Waals surface area (Å²) in [6.45, 7) is 3.55. The zero-order valence-corrected chi connectivity index (χ0v) is 8.81. The molecule has 1 aromatic heterocycles. The minimum absolute atomic E-state index is 0.264. The van der Waals surface area contributed by atoms with Gasteiger partial charge in [-0.05, 0) is 19.8 Å². The molecule has 0 aromatic carbocycles. The number of nitrogens with zero attached hydrogens (tertiary/aromatic N) is 4. The van der Waals surface area contributed by atoms with Crippen LogP contribution in [-0.2, 0) is 17.7 Å². The smallest absolute Gasteiger partial charge is 0.0996 e.